The maximum absolute atomic E-state index is 11.8. The van der Waals surface area contributed by atoms with E-state index in [2.05, 4.69) is 10.1 Å². The van der Waals surface area contributed by atoms with Crippen molar-refractivity contribution < 1.29 is 28.7 Å². The van der Waals surface area contributed by atoms with Crippen LogP contribution in [0.3, 0.4) is 0 Å². The van der Waals surface area contributed by atoms with E-state index in [9.17, 15) is 19.2 Å². The van der Waals surface area contributed by atoms with E-state index in [0.29, 0.717) is 23.1 Å². The number of carbonyl (C=O) groups excluding carboxylic acids is 4. The molecule has 2 aromatic rings. The third-order valence-electron chi connectivity index (χ3n) is 3.21. The number of ether oxygens (including phenoxy) is 2. The van der Waals surface area contributed by atoms with Crippen LogP contribution in [0.15, 0.2) is 48.5 Å². The van der Waals surface area contributed by atoms with Crippen molar-refractivity contribution in [3.05, 3.63) is 65.2 Å². The Morgan fingerprint density at radius 1 is 0.920 bits per heavy atom. The largest absolute Gasteiger partial charge is 0.465 e. The highest BCUT2D eigenvalue weighted by molar-refractivity contribution is 5.96. The molecule has 0 aliphatic rings. The zero-order valence-electron chi connectivity index (χ0n) is 13.4. The second-order valence-electron chi connectivity index (χ2n) is 4.93. The first kappa shape index (κ1) is 17.9. The summed E-state index contributed by atoms with van der Waals surface area (Å²) in [5.74, 6) is -1.68. The van der Waals surface area contributed by atoms with Gasteiger partial charge in [0.2, 0.25) is 0 Å². The van der Waals surface area contributed by atoms with E-state index in [0.717, 1.165) is 0 Å². The molecule has 0 fully saturated rings. The number of anilines is 1. The van der Waals surface area contributed by atoms with Gasteiger partial charge in [0.05, 0.1) is 18.2 Å². The minimum absolute atomic E-state index is 0.237. The Bertz CT molecular complexity index is 780. The van der Waals surface area contributed by atoms with E-state index < -0.39 is 24.5 Å². The Balaban J connectivity index is 1.86. The lowest BCUT2D eigenvalue weighted by Crippen LogP contribution is -2.21. The van der Waals surface area contributed by atoms with Crippen LogP contribution >= 0.6 is 0 Å². The van der Waals surface area contributed by atoms with Crippen molar-refractivity contribution in [2.75, 3.05) is 19.0 Å². The number of methoxy groups -OCH3 is 1. The standard InChI is InChI=1S/C18H15NO6/c1-24-17(22)13-6-8-15(9-7-13)19-16(21)11-25-18(23)14-4-2-12(10-20)3-5-14/h2-10H,11H2,1H3,(H,19,21). The van der Waals surface area contributed by atoms with Crippen molar-refractivity contribution in [1.82, 2.24) is 0 Å². The molecule has 0 heterocycles. The lowest BCUT2D eigenvalue weighted by atomic mass is 10.1. The highest BCUT2D eigenvalue weighted by Crippen LogP contribution is 2.10. The molecule has 0 aliphatic carbocycles. The summed E-state index contributed by atoms with van der Waals surface area (Å²) in [7, 11) is 1.28. The monoisotopic (exact) mass is 341 g/mol. The summed E-state index contributed by atoms with van der Waals surface area (Å²) in [4.78, 5) is 45.5. The molecule has 0 saturated carbocycles. The number of benzene rings is 2. The fourth-order valence-corrected chi connectivity index (χ4v) is 1.92. The first-order valence-corrected chi connectivity index (χ1v) is 7.24. The smallest absolute Gasteiger partial charge is 0.338 e. The van der Waals surface area contributed by atoms with Crippen molar-refractivity contribution in [3.8, 4) is 0 Å². The van der Waals surface area contributed by atoms with Gasteiger partial charge in [0.1, 0.15) is 6.29 Å². The average Bonchev–Trinajstić information content (AvgIpc) is 2.66. The maximum Gasteiger partial charge on any atom is 0.338 e. The molecule has 128 valence electrons. The Morgan fingerprint density at radius 3 is 2.04 bits per heavy atom. The molecule has 0 aromatic heterocycles. The molecule has 7 heteroatoms. The van der Waals surface area contributed by atoms with Gasteiger partial charge >= 0.3 is 11.9 Å². The lowest BCUT2D eigenvalue weighted by molar-refractivity contribution is -0.119. The highest BCUT2D eigenvalue weighted by atomic mass is 16.5. The number of hydrogen-bond donors (Lipinski definition) is 1. The molecule has 0 aliphatic heterocycles. The average molecular weight is 341 g/mol. The second-order valence-corrected chi connectivity index (χ2v) is 4.93. The van der Waals surface area contributed by atoms with Gasteiger partial charge in [-0.05, 0) is 36.4 Å². The number of carbonyl (C=O) groups is 4. The quantitative estimate of drug-likeness (QED) is 0.638. The third-order valence-corrected chi connectivity index (χ3v) is 3.21. The van der Waals surface area contributed by atoms with Crippen LogP contribution in [-0.4, -0.2) is 37.8 Å². The molecule has 0 atom stereocenters. The molecular weight excluding hydrogens is 326 g/mol. The summed E-state index contributed by atoms with van der Waals surface area (Å²) >= 11 is 0. The van der Waals surface area contributed by atoms with Crippen LogP contribution in [0.4, 0.5) is 5.69 Å². The second kappa shape index (κ2) is 8.39. The molecule has 7 nitrogen and oxygen atoms in total. The molecule has 2 aromatic carbocycles. The maximum atomic E-state index is 11.8. The first-order valence-electron chi connectivity index (χ1n) is 7.24. The van der Waals surface area contributed by atoms with Crippen LogP contribution in [0.2, 0.25) is 0 Å². The molecular formula is C18H15NO6. The molecule has 1 amide bonds. The van der Waals surface area contributed by atoms with Crippen molar-refractivity contribution in [2.45, 2.75) is 0 Å². The normalized spacial score (nSPS) is 9.80. The molecule has 0 saturated heterocycles. The van der Waals surface area contributed by atoms with Crippen molar-refractivity contribution in [3.63, 3.8) is 0 Å². The van der Waals surface area contributed by atoms with Crippen molar-refractivity contribution in [2.24, 2.45) is 0 Å². The number of nitrogens with one attached hydrogen (secondary N) is 1. The van der Waals surface area contributed by atoms with Crippen LogP contribution in [0.25, 0.3) is 0 Å². The fourth-order valence-electron chi connectivity index (χ4n) is 1.92. The van der Waals surface area contributed by atoms with Crippen LogP contribution < -0.4 is 5.32 Å². The Hall–Kier alpha value is -3.48. The Morgan fingerprint density at radius 2 is 1.48 bits per heavy atom. The van der Waals surface area contributed by atoms with Gasteiger partial charge in [-0.1, -0.05) is 12.1 Å². The minimum atomic E-state index is -0.673. The summed E-state index contributed by atoms with van der Waals surface area (Å²) in [6.45, 7) is -0.465. The summed E-state index contributed by atoms with van der Waals surface area (Å²) in [5.41, 5.74) is 1.47. The SMILES string of the molecule is COC(=O)c1ccc(NC(=O)COC(=O)c2ccc(C=O)cc2)cc1. The van der Waals surface area contributed by atoms with Gasteiger partial charge in [-0.25, -0.2) is 9.59 Å². The summed E-state index contributed by atoms with van der Waals surface area (Å²) in [6, 6.07) is 11.9. The zero-order chi connectivity index (χ0) is 18.2. The number of aldehydes is 1. The molecule has 0 unspecified atom stereocenters. The zero-order valence-corrected chi connectivity index (χ0v) is 13.4. The lowest BCUT2D eigenvalue weighted by Gasteiger charge is -2.07. The Kier molecular flexibility index (Phi) is 6.00. The fraction of sp³-hybridized carbons (Fsp3) is 0.111. The predicted molar refractivity (Wildman–Crippen MR) is 88.5 cm³/mol. The third kappa shape index (κ3) is 5.00. The van der Waals surface area contributed by atoms with E-state index in [1.54, 1.807) is 0 Å². The predicted octanol–water partition coefficient (Wildman–Crippen LogP) is 2.08. The summed E-state index contributed by atoms with van der Waals surface area (Å²) in [6.07, 6.45) is 0.661. The van der Waals surface area contributed by atoms with Crippen molar-refractivity contribution >= 4 is 29.8 Å². The van der Waals surface area contributed by atoms with Crippen molar-refractivity contribution in [1.29, 1.82) is 0 Å². The van der Waals surface area contributed by atoms with E-state index in [1.165, 1.54) is 55.6 Å². The number of esters is 2. The van der Waals surface area contributed by atoms with Gasteiger partial charge in [-0.15, -0.1) is 0 Å². The molecule has 1 N–H and O–H groups in total. The topological polar surface area (TPSA) is 98.8 Å². The van der Waals surface area contributed by atoms with Crippen LogP contribution in [0, 0.1) is 0 Å². The Labute approximate surface area is 143 Å². The molecule has 0 radical (unpaired) electrons. The highest BCUT2D eigenvalue weighted by Gasteiger charge is 2.11. The number of amides is 1. The van der Waals surface area contributed by atoms with Crippen LogP contribution in [-0.2, 0) is 14.3 Å². The van der Waals surface area contributed by atoms with E-state index >= 15 is 0 Å². The molecule has 2 rings (SSSR count). The van der Waals surface area contributed by atoms with Gasteiger partial charge in [0.15, 0.2) is 6.61 Å². The molecule has 0 spiro atoms. The van der Waals surface area contributed by atoms with Gasteiger partial charge in [-0.3, -0.25) is 9.59 Å². The van der Waals surface area contributed by atoms with E-state index in [-0.39, 0.29) is 5.56 Å². The molecule has 25 heavy (non-hydrogen) atoms. The van der Waals surface area contributed by atoms with Crippen LogP contribution in [0.5, 0.6) is 0 Å². The van der Waals surface area contributed by atoms with Gasteiger partial charge in [0.25, 0.3) is 5.91 Å². The van der Waals surface area contributed by atoms with Crippen LogP contribution in [0.1, 0.15) is 31.1 Å². The van der Waals surface area contributed by atoms with E-state index in [1.807, 2.05) is 0 Å². The molecule has 0 bridgehead atoms. The van der Waals surface area contributed by atoms with Gasteiger partial charge in [-0.2, -0.15) is 0 Å². The number of hydrogen-bond acceptors (Lipinski definition) is 6. The first-order chi connectivity index (χ1) is 12.0. The summed E-state index contributed by atoms with van der Waals surface area (Å²) < 4.78 is 9.48. The van der Waals surface area contributed by atoms with Gasteiger partial charge in [0, 0.05) is 11.3 Å². The van der Waals surface area contributed by atoms with E-state index in [4.69, 9.17) is 4.74 Å². The minimum Gasteiger partial charge on any atom is -0.465 e. The van der Waals surface area contributed by atoms with Gasteiger partial charge < -0.3 is 14.8 Å². The number of rotatable bonds is 6. The summed E-state index contributed by atoms with van der Waals surface area (Å²) in [5, 5.41) is 2.54.